The second-order valence-corrected chi connectivity index (χ2v) is 6.39. The van der Waals surface area contributed by atoms with Gasteiger partial charge in [0.05, 0.1) is 4.90 Å². The lowest BCUT2D eigenvalue weighted by Crippen LogP contribution is -2.14. The monoisotopic (exact) mass is 279 g/mol. The van der Waals surface area contributed by atoms with Gasteiger partial charge in [-0.2, -0.15) is 5.10 Å². The first-order valence-corrected chi connectivity index (χ1v) is 7.52. The Morgan fingerprint density at radius 1 is 1.26 bits per heavy atom. The van der Waals surface area contributed by atoms with Gasteiger partial charge in [-0.1, -0.05) is 32.0 Å². The van der Waals surface area contributed by atoms with Crippen molar-refractivity contribution in [1.29, 1.82) is 0 Å². The Morgan fingerprint density at radius 3 is 2.53 bits per heavy atom. The lowest BCUT2D eigenvalue weighted by Gasteiger charge is -2.07. The number of aromatic nitrogens is 2. The molecule has 1 heterocycles. The molecule has 0 saturated heterocycles. The zero-order chi connectivity index (χ0) is 14.0. The third-order valence-electron chi connectivity index (χ3n) is 2.84. The first kappa shape index (κ1) is 13.6. The molecule has 102 valence electrons. The summed E-state index contributed by atoms with van der Waals surface area (Å²) in [4.78, 5) is 0.268. The van der Waals surface area contributed by atoms with Crippen molar-refractivity contribution >= 4 is 15.8 Å². The summed E-state index contributed by atoms with van der Waals surface area (Å²) in [5, 5.41) is 6.78. The molecule has 0 spiro atoms. The average Bonchev–Trinajstić information content (AvgIpc) is 2.77. The highest BCUT2D eigenvalue weighted by Crippen LogP contribution is 2.20. The minimum Gasteiger partial charge on any atom is -0.280 e. The molecular weight excluding hydrogens is 262 g/mol. The fourth-order valence-corrected chi connectivity index (χ4v) is 2.97. The van der Waals surface area contributed by atoms with Gasteiger partial charge in [0.25, 0.3) is 10.0 Å². The van der Waals surface area contributed by atoms with Crippen LogP contribution in [0.2, 0.25) is 0 Å². The summed E-state index contributed by atoms with van der Waals surface area (Å²) >= 11 is 0. The Labute approximate surface area is 113 Å². The summed E-state index contributed by atoms with van der Waals surface area (Å²) in [5.41, 5.74) is 1.59. The Bertz CT molecular complexity index is 675. The Morgan fingerprint density at radius 2 is 1.95 bits per heavy atom. The van der Waals surface area contributed by atoms with Crippen LogP contribution < -0.4 is 4.72 Å². The largest absolute Gasteiger partial charge is 0.280 e. The molecular formula is C13H17N3O2S. The molecule has 1 aromatic heterocycles. The van der Waals surface area contributed by atoms with Crippen LogP contribution in [0.15, 0.2) is 35.2 Å². The molecule has 0 radical (unpaired) electrons. The van der Waals surface area contributed by atoms with E-state index in [4.69, 9.17) is 0 Å². The van der Waals surface area contributed by atoms with Crippen LogP contribution in [-0.2, 0) is 10.0 Å². The first-order chi connectivity index (χ1) is 8.90. The van der Waals surface area contributed by atoms with Gasteiger partial charge in [-0.25, -0.2) is 8.42 Å². The molecule has 19 heavy (non-hydrogen) atoms. The van der Waals surface area contributed by atoms with Crippen molar-refractivity contribution < 1.29 is 8.42 Å². The van der Waals surface area contributed by atoms with Gasteiger partial charge in [-0.3, -0.25) is 9.82 Å². The van der Waals surface area contributed by atoms with Crippen molar-refractivity contribution in [2.45, 2.75) is 31.6 Å². The van der Waals surface area contributed by atoms with Crippen LogP contribution in [0.3, 0.4) is 0 Å². The molecule has 5 nitrogen and oxygen atoms in total. The van der Waals surface area contributed by atoms with E-state index in [0.717, 1.165) is 5.69 Å². The summed E-state index contributed by atoms with van der Waals surface area (Å²) in [5.74, 6) is 0.580. The van der Waals surface area contributed by atoms with Crippen molar-refractivity contribution in [3.63, 3.8) is 0 Å². The number of aryl methyl sites for hydroxylation is 1. The fourth-order valence-electron chi connectivity index (χ4n) is 1.74. The van der Waals surface area contributed by atoms with Crippen molar-refractivity contribution in [3.8, 4) is 0 Å². The van der Waals surface area contributed by atoms with E-state index in [1.807, 2.05) is 13.8 Å². The number of anilines is 1. The number of rotatable bonds is 4. The van der Waals surface area contributed by atoms with E-state index in [1.54, 1.807) is 37.3 Å². The number of benzene rings is 1. The topological polar surface area (TPSA) is 74.8 Å². The van der Waals surface area contributed by atoms with E-state index in [-0.39, 0.29) is 10.8 Å². The number of H-pyrrole nitrogens is 1. The normalized spacial score (nSPS) is 11.8. The summed E-state index contributed by atoms with van der Waals surface area (Å²) in [6.07, 6.45) is 0. The Kier molecular flexibility index (Phi) is 3.61. The molecule has 0 unspecified atom stereocenters. The molecule has 2 N–H and O–H groups in total. The van der Waals surface area contributed by atoms with E-state index < -0.39 is 10.0 Å². The van der Waals surface area contributed by atoms with Crippen LogP contribution in [0.4, 0.5) is 5.82 Å². The average molecular weight is 279 g/mol. The Balaban J connectivity index is 2.29. The molecule has 2 aromatic rings. The van der Waals surface area contributed by atoms with Gasteiger partial charge in [0.2, 0.25) is 0 Å². The van der Waals surface area contributed by atoms with E-state index in [0.29, 0.717) is 11.4 Å². The smallest absolute Gasteiger partial charge is 0.263 e. The number of hydrogen-bond donors (Lipinski definition) is 2. The second kappa shape index (κ2) is 5.05. The SMILES string of the molecule is Cc1ccccc1S(=O)(=O)Nc1cc(C(C)C)[nH]n1. The maximum atomic E-state index is 12.2. The number of sulfonamides is 1. The van der Waals surface area contributed by atoms with Crippen molar-refractivity contribution in [2.75, 3.05) is 4.72 Å². The number of hydrogen-bond acceptors (Lipinski definition) is 3. The van der Waals surface area contributed by atoms with E-state index in [9.17, 15) is 8.42 Å². The van der Waals surface area contributed by atoms with Gasteiger partial charge >= 0.3 is 0 Å². The zero-order valence-electron chi connectivity index (χ0n) is 11.1. The molecule has 0 bridgehead atoms. The Hall–Kier alpha value is -1.82. The number of nitrogens with zero attached hydrogens (tertiary/aromatic N) is 1. The molecule has 1 aromatic carbocycles. The predicted octanol–water partition coefficient (Wildman–Crippen LogP) is 2.64. The van der Waals surface area contributed by atoms with E-state index >= 15 is 0 Å². The third kappa shape index (κ3) is 2.96. The standard InChI is InChI=1S/C13H17N3O2S/c1-9(2)11-8-13(15-14-11)16-19(17,18)12-7-5-4-6-10(12)3/h4-9H,1-3H3,(H2,14,15,16). The summed E-state index contributed by atoms with van der Waals surface area (Å²) < 4.78 is 27.0. The second-order valence-electron chi connectivity index (χ2n) is 4.73. The molecule has 0 aliphatic heterocycles. The van der Waals surface area contributed by atoms with Crippen molar-refractivity contribution in [1.82, 2.24) is 10.2 Å². The summed E-state index contributed by atoms with van der Waals surface area (Å²) in [6, 6.07) is 8.55. The molecule has 0 fully saturated rings. The minimum absolute atomic E-state index is 0.268. The fraction of sp³-hybridized carbons (Fsp3) is 0.308. The minimum atomic E-state index is -3.59. The molecule has 6 heteroatoms. The van der Waals surface area contributed by atoms with Gasteiger partial charge in [-0.05, 0) is 24.5 Å². The van der Waals surface area contributed by atoms with Crippen molar-refractivity contribution in [2.24, 2.45) is 0 Å². The van der Waals surface area contributed by atoms with Crippen molar-refractivity contribution in [3.05, 3.63) is 41.6 Å². The lowest BCUT2D eigenvalue weighted by molar-refractivity contribution is 0.600. The molecule has 0 aliphatic rings. The van der Waals surface area contributed by atoms with Crippen LogP contribution in [-0.4, -0.2) is 18.6 Å². The molecule has 0 aliphatic carbocycles. The quantitative estimate of drug-likeness (QED) is 0.903. The highest BCUT2D eigenvalue weighted by molar-refractivity contribution is 7.92. The van der Waals surface area contributed by atoms with Gasteiger partial charge in [0.1, 0.15) is 0 Å². The van der Waals surface area contributed by atoms with Gasteiger partial charge < -0.3 is 0 Å². The van der Waals surface area contributed by atoms with Crippen LogP contribution in [0.5, 0.6) is 0 Å². The highest BCUT2D eigenvalue weighted by atomic mass is 32.2. The van der Waals surface area contributed by atoms with E-state index in [1.165, 1.54) is 0 Å². The van der Waals surface area contributed by atoms with Crippen LogP contribution in [0, 0.1) is 6.92 Å². The van der Waals surface area contributed by atoms with E-state index in [2.05, 4.69) is 14.9 Å². The zero-order valence-corrected chi connectivity index (χ0v) is 12.0. The number of nitrogens with one attached hydrogen (secondary N) is 2. The molecule has 0 atom stereocenters. The predicted molar refractivity (Wildman–Crippen MR) is 74.7 cm³/mol. The number of aromatic amines is 1. The lowest BCUT2D eigenvalue weighted by atomic mass is 10.1. The summed E-state index contributed by atoms with van der Waals surface area (Å²) in [6.45, 7) is 5.78. The molecule has 0 saturated carbocycles. The molecule has 2 rings (SSSR count). The maximum Gasteiger partial charge on any atom is 0.263 e. The van der Waals surface area contributed by atoms with Gasteiger partial charge in [-0.15, -0.1) is 0 Å². The first-order valence-electron chi connectivity index (χ1n) is 6.04. The highest BCUT2D eigenvalue weighted by Gasteiger charge is 2.18. The maximum absolute atomic E-state index is 12.2. The summed E-state index contributed by atoms with van der Waals surface area (Å²) in [7, 11) is -3.59. The van der Waals surface area contributed by atoms with Crippen LogP contribution >= 0.6 is 0 Å². The van der Waals surface area contributed by atoms with Crippen LogP contribution in [0.25, 0.3) is 0 Å². The van der Waals surface area contributed by atoms with Gasteiger partial charge in [0.15, 0.2) is 5.82 Å². The van der Waals surface area contributed by atoms with Crippen LogP contribution in [0.1, 0.15) is 31.0 Å². The molecule has 0 amide bonds. The third-order valence-corrected chi connectivity index (χ3v) is 4.36. The van der Waals surface area contributed by atoms with Gasteiger partial charge in [0, 0.05) is 11.8 Å².